The van der Waals surface area contributed by atoms with Gasteiger partial charge in [0.15, 0.2) is 5.78 Å². The Hall–Kier alpha value is -2.96. The zero-order valence-electron chi connectivity index (χ0n) is 12.3. The molecule has 1 N–H and O–H groups in total. The van der Waals surface area contributed by atoms with Gasteiger partial charge in [-0.15, -0.1) is 0 Å². The predicted molar refractivity (Wildman–Crippen MR) is 76.8 cm³/mol. The molecule has 3 rings (SSSR count). The molecule has 0 spiro atoms. The fourth-order valence-corrected chi connectivity index (χ4v) is 2.55. The van der Waals surface area contributed by atoms with Gasteiger partial charge in [-0.25, -0.2) is 9.42 Å². The van der Waals surface area contributed by atoms with E-state index in [2.05, 4.69) is 19.9 Å². The van der Waals surface area contributed by atoms with Crippen LogP contribution in [0.25, 0.3) is 11.0 Å². The molecule has 0 radical (unpaired) electrons. The molecule has 0 saturated carbocycles. The summed E-state index contributed by atoms with van der Waals surface area (Å²) in [7, 11) is 1.28. The summed E-state index contributed by atoms with van der Waals surface area (Å²) >= 11 is 0. The van der Waals surface area contributed by atoms with Crippen LogP contribution in [-0.2, 0) is 4.74 Å². The van der Waals surface area contributed by atoms with Gasteiger partial charge >= 0.3 is 5.97 Å². The van der Waals surface area contributed by atoms with E-state index in [1.165, 1.54) is 7.11 Å². The number of methoxy groups -OCH3 is 1. The third-order valence-electron chi connectivity index (χ3n) is 3.52. The topological polar surface area (TPSA) is 98.1 Å². The highest BCUT2D eigenvalue weighted by Crippen LogP contribution is 2.25. The summed E-state index contributed by atoms with van der Waals surface area (Å²) in [6.07, 6.45) is 0. The molecule has 2 heterocycles. The molecule has 0 aliphatic carbocycles. The summed E-state index contributed by atoms with van der Waals surface area (Å²) in [5.74, 6) is -0.890. The molecule has 0 fully saturated rings. The number of rotatable bonds is 3. The number of aromatic nitrogens is 3. The molecule has 0 amide bonds. The standard InChI is InChI=1S/C15H13N3O4/c1-7-11(12(8(2)16-7)15(20)21-3)14(19)9-5-4-6-10-13(9)18-22-17-10/h4-6,16H,1-3H3. The van der Waals surface area contributed by atoms with E-state index >= 15 is 0 Å². The van der Waals surface area contributed by atoms with Crippen LogP contribution < -0.4 is 0 Å². The molecule has 1 aromatic carbocycles. The highest BCUT2D eigenvalue weighted by molar-refractivity contribution is 6.19. The molecule has 7 heteroatoms. The van der Waals surface area contributed by atoms with Crippen molar-refractivity contribution in [2.24, 2.45) is 0 Å². The fourth-order valence-electron chi connectivity index (χ4n) is 2.55. The maximum atomic E-state index is 12.9. The monoisotopic (exact) mass is 299 g/mol. The number of nitrogens with one attached hydrogen (secondary N) is 1. The Labute approximate surface area is 125 Å². The average Bonchev–Trinajstić information content (AvgIpc) is 3.09. The number of ketones is 1. The van der Waals surface area contributed by atoms with Crippen LogP contribution in [0.2, 0.25) is 0 Å². The third kappa shape index (κ3) is 1.98. The van der Waals surface area contributed by atoms with Gasteiger partial charge in [-0.05, 0) is 36.3 Å². The molecule has 0 aliphatic rings. The van der Waals surface area contributed by atoms with Crippen LogP contribution >= 0.6 is 0 Å². The van der Waals surface area contributed by atoms with Gasteiger partial charge in [0.05, 0.1) is 23.8 Å². The van der Waals surface area contributed by atoms with Gasteiger partial charge in [-0.1, -0.05) is 6.07 Å². The molecule has 112 valence electrons. The lowest BCUT2D eigenvalue weighted by molar-refractivity contribution is 0.0597. The predicted octanol–water partition coefficient (Wildman–Crippen LogP) is 2.19. The van der Waals surface area contributed by atoms with Crippen LogP contribution in [0.1, 0.15) is 37.7 Å². The number of hydrogen-bond acceptors (Lipinski definition) is 6. The number of carbonyl (C=O) groups is 2. The number of carbonyl (C=O) groups excluding carboxylic acids is 2. The quantitative estimate of drug-likeness (QED) is 0.588. The first kappa shape index (κ1) is 14.0. The number of esters is 1. The lowest BCUT2D eigenvalue weighted by atomic mass is 9.98. The van der Waals surface area contributed by atoms with Gasteiger partial charge in [0.25, 0.3) is 0 Å². The Morgan fingerprint density at radius 3 is 2.59 bits per heavy atom. The number of aromatic amines is 1. The summed E-state index contributed by atoms with van der Waals surface area (Å²) in [5, 5.41) is 7.48. The average molecular weight is 299 g/mol. The molecule has 7 nitrogen and oxygen atoms in total. The molecule has 0 aliphatic heterocycles. The summed E-state index contributed by atoms with van der Waals surface area (Å²) in [6.45, 7) is 3.45. The number of H-pyrrole nitrogens is 1. The first-order valence-electron chi connectivity index (χ1n) is 6.58. The third-order valence-corrected chi connectivity index (χ3v) is 3.52. The maximum absolute atomic E-state index is 12.9. The summed E-state index contributed by atoms with van der Waals surface area (Å²) in [6, 6.07) is 5.00. The molecule has 0 saturated heterocycles. The van der Waals surface area contributed by atoms with Gasteiger partial charge in [-0.3, -0.25) is 4.79 Å². The van der Waals surface area contributed by atoms with Gasteiger partial charge in [0.2, 0.25) is 0 Å². The van der Waals surface area contributed by atoms with Crippen molar-refractivity contribution >= 4 is 22.8 Å². The second kappa shape index (κ2) is 5.10. The van der Waals surface area contributed by atoms with Crippen LogP contribution in [0.15, 0.2) is 22.8 Å². The SMILES string of the molecule is COC(=O)c1c(C)[nH]c(C)c1C(=O)c1cccc2nonc12. The van der Waals surface area contributed by atoms with Crippen molar-refractivity contribution in [2.75, 3.05) is 7.11 Å². The molecular weight excluding hydrogens is 286 g/mol. The molecule has 3 aromatic rings. The lowest BCUT2D eigenvalue weighted by Gasteiger charge is -2.04. The number of aryl methyl sites for hydroxylation is 2. The van der Waals surface area contributed by atoms with Crippen molar-refractivity contribution in [3.8, 4) is 0 Å². The summed E-state index contributed by atoms with van der Waals surface area (Å²) in [5.41, 5.74) is 2.86. The maximum Gasteiger partial charge on any atom is 0.340 e. The van der Waals surface area contributed by atoms with Crippen molar-refractivity contribution in [3.05, 3.63) is 46.3 Å². The minimum atomic E-state index is -0.560. The van der Waals surface area contributed by atoms with E-state index < -0.39 is 5.97 Å². The van der Waals surface area contributed by atoms with Crippen molar-refractivity contribution in [1.29, 1.82) is 0 Å². The van der Waals surface area contributed by atoms with E-state index in [9.17, 15) is 9.59 Å². The van der Waals surface area contributed by atoms with E-state index in [4.69, 9.17) is 4.74 Å². The molecular formula is C15H13N3O4. The lowest BCUT2D eigenvalue weighted by Crippen LogP contribution is -2.11. The minimum absolute atomic E-state index is 0.235. The number of benzene rings is 1. The molecule has 0 bridgehead atoms. The van der Waals surface area contributed by atoms with Gasteiger partial charge in [0.1, 0.15) is 11.0 Å². The molecule has 2 aromatic heterocycles. The second-order valence-electron chi connectivity index (χ2n) is 4.88. The van der Waals surface area contributed by atoms with E-state index in [0.717, 1.165) is 0 Å². The Morgan fingerprint density at radius 2 is 1.86 bits per heavy atom. The zero-order chi connectivity index (χ0) is 15.9. The van der Waals surface area contributed by atoms with E-state index in [1.807, 2.05) is 0 Å². The number of ether oxygens (including phenoxy) is 1. The fraction of sp³-hybridized carbons (Fsp3) is 0.200. The number of fused-ring (bicyclic) bond motifs is 1. The molecule has 22 heavy (non-hydrogen) atoms. The van der Waals surface area contributed by atoms with Gasteiger partial charge in [0, 0.05) is 11.4 Å². The Kier molecular flexibility index (Phi) is 3.25. The van der Waals surface area contributed by atoms with Gasteiger partial charge < -0.3 is 9.72 Å². The van der Waals surface area contributed by atoms with Gasteiger partial charge in [-0.2, -0.15) is 0 Å². The van der Waals surface area contributed by atoms with Crippen LogP contribution in [0.5, 0.6) is 0 Å². The molecule has 0 unspecified atom stereocenters. The van der Waals surface area contributed by atoms with Crippen LogP contribution in [0.4, 0.5) is 0 Å². The normalized spacial score (nSPS) is 10.9. The zero-order valence-corrected chi connectivity index (χ0v) is 12.3. The first-order chi connectivity index (χ1) is 10.5. The van der Waals surface area contributed by atoms with E-state index in [0.29, 0.717) is 28.0 Å². The number of hydrogen-bond donors (Lipinski definition) is 1. The highest BCUT2D eigenvalue weighted by Gasteiger charge is 2.27. The second-order valence-corrected chi connectivity index (χ2v) is 4.88. The number of nitrogens with zero attached hydrogens (tertiary/aromatic N) is 2. The summed E-state index contributed by atoms with van der Waals surface area (Å²) < 4.78 is 9.45. The van der Waals surface area contributed by atoms with Crippen molar-refractivity contribution < 1.29 is 19.0 Å². The van der Waals surface area contributed by atoms with Crippen molar-refractivity contribution in [3.63, 3.8) is 0 Å². The summed E-state index contributed by atoms with van der Waals surface area (Å²) in [4.78, 5) is 27.9. The smallest absolute Gasteiger partial charge is 0.340 e. The van der Waals surface area contributed by atoms with Crippen molar-refractivity contribution in [2.45, 2.75) is 13.8 Å². The Bertz CT molecular complexity index is 891. The van der Waals surface area contributed by atoms with E-state index in [-0.39, 0.29) is 16.9 Å². The van der Waals surface area contributed by atoms with Crippen LogP contribution in [-0.4, -0.2) is 34.2 Å². The van der Waals surface area contributed by atoms with Crippen molar-refractivity contribution in [1.82, 2.24) is 15.3 Å². The molecule has 0 atom stereocenters. The van der Waals surface area contributed by atoms with Crippen LogP contribution in [0, 0.1) is 13.8 Å². The first-order valence-corrected chi connectivity index (χ1v) is 6.58. The highest BCUT2D eigenvalue weighted by atomic mass is 16.6. The Morgan fingerprint density at radius 1 is 1.14 bits per heavy atom. The van der Waals surface area contributed by atoms with E-state index in [1.54, 1.807) is 32.0 Å². The largest absolute Gasteiger partial charge is 0.465 e. The van der Waals surface area contributed by atoms with Crippen LogP contribution in [0.3, 0.4) is 0 Å². The minimum Gasteiger partial charge on any atom is -0.465 e. The Balaban J connectivity index is 2.22.